The Labute approximate surface area is 172 Å². The smallest absolute Gasteiger partial charge is 0.321 e. The molecule has 0 aliphatic heterocycles. The first-order valence-electron chi connectivity index (χ1n) is 9.16. The maximum atomic E-state index is 9.04. The van der Waals surface area contributed by atoms with Crippen LogP contribution in [0.3, 0.4) is 0 Å². The fraction of sp³-hybridized carbons (Fsp3) is 0.143. The number of anilines is 2. The molecule has 4 rings (SSSR count). The zero-order valence-corrected chi connectivity index (χ0v) is 16.1. The third kappa shape index (κ3) is 4.36. The molecule has 30 heavy (non-hydrogen) atoms. The third-order valence-corrected chi connectivity index (χ3v) is 4.12. The van der Waals surface area contributed by atoms with Gasteiger partial charge in [-0.15, -0.1) is 0 Å². The minimum atomic E-state index is -0.143. The van der Waals surface area contributed by atoms with Gasteiger partial charge in [0.25, 0.3) is 0 Å². The van der Waals surface area contributed by atoms with Crippen LogP contribution in [0.25, 0.3) is 22.7 Å². The Bertz CT molecular complexity index is 1100. The van der Waals surface area contributed by atoms with E-state index in [-0.39, 0.29) is 19.2 Å². The van der Waals surface area contributed by atoms with Crippen LogP contribution in [0.4, 0.5) is 11.6 Å². The molecule has 152 valence electrons. The van der Waals surface area contributed by atoms with Gasteiger partial charge in [0.1, 0.15) is 12.4 Å². The molecule has 0 unspecified atom stereocenters. The number of benzene rings is 2. The van der Waals surface area contributed by atoms with Gasteiger partial charge in [0.15, 0.2) is 18.0 Å². The molecule has 2 aromatic heterocycles. The summed E-state index contributed by atoms with van der Waals surface area (Å²) in [5.41, 5.74) is 2.29. The van der Waals surface area contributed by atoms with Gasteiger partial charge in [-0.3, -0.25) is 0 Å². The molecule has 0 saturated heterocycles. The summed E-state index contributed by atoms with van der Waals surface area (Å²) in [6.07, 6.45) is 2.98. The lowest BCUT2D eigenvalue weighted by Crippen LogP contribution is -2.08. The minimum Gasteiger partial charge on any atom is -0.496 e. The second-order valence-corrected chi connectivity index (χ2v) is 6.11. The van der Waals surface area contributed by atoms with E-state index in [1.54, 1.807) is 19.4 Å². The van der Waals surface area contributed by atoms with Gasteiger partial charge >= 0.3 is 6.01 Å². The van der Waals surface area contributed by atoms with Crippen LogP contribution in [0, 0.1) is 0 Å². The van der Waals surface area contributed by atoms with E-state index in [0.29, 0.717) is 29.0 Å². The number of nitrogens with one attached hydrogen (secondary N) is 1. The number of hydrogen-bond donors (Lipinski definition) is 2. The molecule has 2 N–H and O–H groups in total. The van der Waals surface area contributed by atoms with Gasteiger partial charge in [-0.2, -0.15) is 15.0 Å². The predicted molar refractivity (Wildman–Crippen MR) is 110 cm³/mol. The number of hydrogen-bond acceptors (Lipinski definition) is 9. The Morgan fingerprint density at radius 3 is 2.67 bits per heavy atom. The van der Waals surface area contributed by atoms with E-state index in [0.717, 1.165) is 11.1 Å². The molecule has 0 amide bonds. The van der Waals surface area contributed by atoms with Crippen molar-refractivity contribution in [1.82, 2.24) is 19.9 Å². The van der Waals surface area contributed by atoms with Crippen molar-refractivity contribution in [1.29, 1.82) is 0 Å². The fourth-order valence-electron chi connectivity index (χ4n) is 2.78. The fourth-order valence-corrected chi connectivity index (χ4v) is 2.78. The Balaban J connectivity index is 1.66. The topological polar surface area (TPSA) is 115 Å². The maximum Gasteiger partial charge on any atom is 0.321 e. The van der Waals surface area contributed by atoms with Crippen molar-refractivity contribution in [3.8, 4) is 34.5 Å². The summed E-state index contributed by atoms with van der Waals surface area (Å²) in [5.74, 6) is 1.95. The Kier molecular flexibility index (Phi) is 5.81. The summed E-state index contributed by atoms with van der Waals surface area (Å²) in [4.78, 5) is 17.0. The second kappa shape index (κ2) is 9.01. The van der Waals surface area contributed by atoms with Crippen molar-refractivity contribution in [3.63, 3.8) is 0 Å². The molecular formula is C21H19N5O4. The molecule has 0 aliphatic rings. The normalized spacial score (nSPS) is 10.6. The summed E-state index contributed by atoms with van der Waals surface area (Å²) in [5, 5.41) is 12.2. The summed E-state index contributed by atoms with van der Waals surface area (Å²) < 4.78 is 16.3. The van der Waals surface area contributed by atoms with Gasteiger partial charge in [0.2, 0.25) is 5.95 Å². The van der Waals surface area contributed by atoms with E-state index < -0.39 is 0 Å². The molecule has 0 atom stereocenters. The van der Waals surface area contributed by atoms with Crippen LogP contribution in [0.1, 0.15) is 0 Å². The van der Waals surface area contributed by atoms with Crippen molar-refractivity contribution < 1.29 is 19.0 Å². The lowest BCUT2D eigenvalue weighted by molar-refractivity contribution is 0.191. The Morgan fingerprint density at radius 2 is 1.93 bits per heavy atom. The number of methoxy groups -OCH3 is 1. The lowest BCUT2D eigenvalue weighted by Gasteiger charge is -2.12. The molecule has 9 heteroatoms. The van der Waals surface area contributed by atoms with Gasteiger partial charge in [0.05, 0.1) is 25.5 Å². The molecule has 0 saturated carbocycles. The van der Waals surface area contributed by atoms with E-state index in [4.69, 9.17) is 19.0 Å². The molecule has 9 nitrogen and oxygen atoms in total. The number of aliphatic hydroxyl groups is 1. The van der Waals surface area contributed by atoms with E-state index in [2.05, 4.69) is 25.3 Å². The molecule has 0 fully saturated rings. The van der Waals surface area contributed by atoms with Gasteiger partial charge in [0, 0.05) is 17.3 Å². The van der Waals surface area contributed by atoms with Crippen molar-refractivity contribution in [2.24, 2.45) is 0 Å². The Morgan fingerprint density at radius 1 is 1.07 bits per heavy atom. The SMILES string of the molecule is COc1cc(Nc2nc(OCCO)nc(-c3ccccc3)n2)ccc1-c1cnco1. The quantitative estimate of drug-likeness (QED) is 0.455. The van der Waals surface area contributed by atoms with Crippen molar-refractivity contribution in [2.45, 2.75) is 0 Å². The molecule has 2 aromatic carbocycles. The number of oxazole rings is 1. The molecule has 0 spiro atoms. The standard InChI is InChI=1S/C21H19N5O4/c1-28-17-11-15(7-8-16(17)18-12-22-13-30-18)23-20-24-19(14-5-3-2-4-6-14)25-21(26-20)29-10-9-27/h2-8,11-13,27H,9-10H2,1H3,(H,23,24,25,26). The number of nitrogens with zero attached hydrogens (tertiary/aromatic N) is 4. The highest BCUT2D eigenvalue weighted by Crippen LogP contribution is 2.33. The van der Waals surface area contributed by atoms with Crippen molar-refractivity contribution in [3.05, 3.63) is 61.1 Å². The summed E-state index contributed by atoms with van der Waals surface area (Å²) in [7, 11) is 1.58. The molecular weight excluding hydrogens is 386 g/mol. The van der Waals surface area contributed by atoms with Crippen LogP contribution in [-0.4, -0.2) is 45.4 Å². The highest BCUT2D eigenvalue weighted by Gasteiger charge is 2.13. The highest BCUT2D eigenvalue weighted by molar-refractivity contribution is 5.71. The van der Waals surface area contributed by atoms with Crippen LogP contribution in [0.5, 0.6) is 11.8 Å². The molecule has 0 aliphatic carbocycles. The number of rotatable bonds is 8. The summed E-state index contributed by atoms with van der Waals surface area (Å²) in [6, 6.07) is 15.1. The van der Waals surface area contributed by atoms with Crippen LogP contribution in [0.2, 0.25) is 0 Å². The minimum absolute atomic E-state index is 0.0807. The highest BCUT2D eigenvalue weighted by atomic mass is 16.5. The van der Waals surface area contributed by atoms with Gasteiger partial charge < -0.3 is 24.3 Å². The zero-order valence-electron chi connectivity index (χ0n) is 16.1. The monoisotopic (exact) mass is 405 g/mol. The van der Waals surface area contributed by atoms with E-state index in [9.17, 15) is 0 Å². The van der Waals surface area contributed by atoms with Crippen LogP contribution in [0.15, 0.2) is 65.5 Å². The van der Waals surface area contributed by atoms with E-state index in [1.165, 1.54) is 6.39 Å². The zero-order chi connectivity index (χ0) is 20.8. The number of aromatic nitrogens is 4. The largest absolute Gasteiger partial charge is 0.496 e. The summed E-state index contributed by atoms with van der Waals surface area (Å²) >= 11 is 0. The van der Waals surface area contributed by atoms with Crippen LogP contribution < -0.4 is 14.8 Å². The first-order chi connectivity index (χ1) is 14.8. The predicted octanol–water partition coefficient (Wildman–Crippen LogP) is 3.32. The average molecular weight is 405 g/mol. The van der Waals surface area contributed by atoms with Crippen LogP contribution in [-0.2, 0) is 0 Å². The first-order valence-corrected chi connectivity index (χ1v) is 9.16. The van der Waals surface area contributed by atoms with Crippen LogP contribution >= 0.6 is 0 Å². The first kappa shape index (κ1) is 19.3. The molecule has 4 aromatic rings. The molecule has 2 heterocycles. The Hall–Kier alpha value is -3.98. The second-order valence-electron chi connectivity index (χ2n) is 6.11. The lowest BCUT2D eigenvalue weighted by atomic mass is 10.1. The van der Waals surface area contributed by atoms with Gasteiger partial charge in [-0.1, -0.05) is 30.3 Å². The number of ether oxygens (including phenoxy) is 2. The average Bonchev–Trinajstić information content (AvgIpc) is 3.33. The van der Waals surface area contributed by atoms with Gasteiger partial charge in [-0.25, -0.2) is 4.98 Å². The van der Waals surface area contributed by atoms with E-state index >= 15 is 0 Å². The molecule has 0 radical (unpaired) electrons. The maximum absolute atomic E-state index is 9.04. The number of aliphatic hydroxyl groups excluding tert-OH is 1. The van der Waals surface area contributed by atoms with Crippen molar-refractivity contribution in [2.75, 3.05) is 25.6 Å². The van der Waals surface area contributed by atoms with Gasteiger partial charge in [-0.05, 0) is 12.1 Å². The van der Waals surface area contributed by atoms with E-state index in [1.807, 2.05) is 42.5 Å². The summed E-state index contributed by atoms with van der Waals surface area (Å²) in [6.45, 7) is -0.0627. The molecule has 0 bridgehead atoms. The van der Waals surface area contributed by atoms with Crippen molar-refractivity contribution >= 4 is 11.6 Å². The third-order valence-electron chi connectivity index (χ3n) is 4.12.